The van der Waals surface area contributed by atoms with Crippen LogP contribution in [0, 0.1) is 0 Å². The molecule has 2 aromatic carbocycles. The van der Waals surface area contributed by atoms with Gasteiger partial charge < -0.3 is 15.2 Å². The standard InChI is InChI=1S/C22H26Cl2N2O4/c1-2-3-4-20(30-21(25)27)15-29-22(28)26(13-16-5-9-18(23)10-6-16)14-17-7-11-19(24)12-8-17/h5-12,20H,2-4,13-15H2,1H3,(H2,25,27)/t20-/m0/s1. The fourth-order valence-electron chi connectivity index (χ4n) is 2.83. The number of carbonyl (C=O) groups is 2. The fourth-order valence-corrected chi connectivity index (χ4v) is 3.09. The first kappa shape index (κ1) is 23.8. The molecule has 0 heterocycles. The molecule has 30 heavy (non-hydrogen) atoms. The zero-order chi connectivity index (χ0) is 21.9. The molecule has 2 amide bonds. The van der Waals surface area contributed by atoms with Crippen molar-refractivity contribution in [3.63, 3.8) is 0 Å². The number of halogens is 2. The van der Waals surface area contributed by atoms with E-state index >= 15 is 0 Å². The van der Waals surface area contributed by atoms with Gasteiger partial charge in [0.15, 0.2) is 0 Å². The summed E-state index contributed by atoms with van der Waals surface area (Å²) in [7, 11) is 0. The van der Waals surface area contributed by atoms with Gasteiger partial charge in [-0.05, 0) is 48.2 Å². The van der Waals surface area contributed by atoms with E-state index in [4.69, 9.17) is 38.4 Å². The lowest BCUT2D eigenvalue weighted by Gasteiger charge is -2.24. The van der Waals surface area contributed by atoms with Gasteiger partial charge in [0.25, 0.3) is 0 Å². The Hall–Kier alpha value is -2.44. The Balaban J connectivity index is 2.08. The monoisotopic (exact) mass is 452 g/mol. The predicted octanol–water partition coefficient (Wildman–Crippen LogP) is 5.79. The molecule has 6 nitrogen and oxygen atoms in total. The summed E-state index contributed by atoms with van der Waals surface area (Å²) in [6, 6.07) is 14.5. The first-order valence-corrected chi connectivity index (χ1v) is 10.5. The maximum atomic E-state index is 12.8. The molecule has 0 bridgehead atoms. The number of unbranched alkanes of at least 4 members (excludes halogenated alkanes) is 1. The van der Waals surface area contributed by atoms with E-state index in [-0.39, 0.29) is 6.61 Å². The first-order chi connectivity index (χ1) is 14.4. The summed E-state index contributed by atoms with van der Waals surface area (Å²) in [5.74, 6) is 0. The van der Waals surface area contributed by atoms with Crippen molar-refractivity contribution in [1.82, 2.24) is 4.90 Å². The van der Waals surface area contributed by atoms with Gasteiger partial charge in [-0.2, -0.15) is 0 Å². The van der Waals surface area contributed by atoms with Crippen LogP contribution in [-0.4, -0.2) is 29.8 Å². The normalized spacial score (nSPS) is 11.6. The number of amides is 2. The second-order valence-electron chi connectivity index (χ2n) is 6.89. The SMILES string of the molecule is CCCC[C@@H](COC(=O)N(Cc1ccc(Cl)cc1)Cc1ccc(Cl)cc1)OC(N)=O. The third-order valence-electron chi connectivity index (χ3n) is 4.39. The number of nitrogens with two attached hydrogens (primary N) is 1. The van der Waals surface area contributed by atoms with Gasteiger partial charge in [0.1, 0.15) is 12.7 Å². The molecule has 0 aliphatic carbocycles. The minimum atomic E-state index is -0.883. The molecular formula is C22H26Cl2N2O4. The summed E-state index contributed by atoms with van der Waals surface area (Å²) in [5.41, 5.74) is 6.93. The van der Waals surface area contributed by atoms with Gasteiger partial charge in [-0.25, -0.2) is 9.59 Å². The molecule has 2 rings (SSSR count). The molecule has 0 saturated carbocycles. The van der Waals surface area contributed by atoms with Gasteiger partial charge in [-0.3, -0.25) is 4.90 Å². The van der Waals surface area contributed by atoms with E-state index in [2.05, 4.69) is 0 Å². The van der Waals surface area contributed by atoms with Crippen LogP contribution in [0.4, 0.5) is 9.59 Å². The average molecular weight is 453 g/mol. The minimum Gasteiger partial charge on any atom is -0.445 e. The lowest BCUT2D eigenvalue weighted by atomic mass is 10.1. The molecule has 0 unspecified atom stereocenters. The Morgan fingerprint density at radius 1 is 0.967 bits per heavy atom. The highest BCUT2D eigenvalue weighted by atomic mass is 35.5. The summed E-state index contributed by atoms with van der Waals surface area (Å²) in [6.07, 6.45) is 0.349. The molecule has 0 spiro atoms. The first-order valence-electron chi connectivity index (χ1n) is 9.74. The predicted molar refractivity (Wildman–Crippen MR) is 117 cm³/mol. The number of hydrogen-bond donors (Lipinski definition) is 1. The van der Waals surface area contributed by atoms with Crippen molar-refractivity contribution in [3.8, 4) is 0 Å². The summed E-state index contributed by atoms with van der Waals surface area (Å²) in [5, 5.41) is 1.24. The van der Waals surface area contributed by atoms with Crippen LogP contribution in [0.15, 0.2) is 48.5 Å². The van der Waals surface area contributed by atoms with Crippen molar-refractivity contribution in [2.24, 2.45) is 5.73 Å². The number of primary amides is 1. The van der Waals surface area contributed by atoms with Crippen LogP contribution in [-0.2, 0) is 22.6 Å². The Morgan fingerprint density at radius 3 is 1.90 bits per heavy atom. The lowest BCUT2D eigenvalue weighted by molar-refractivity contribution is 0.0284. The Labute approximate surface area is 186 Å². The molecule has 8 heteroatoms. The highest BCUT2D eigenvalue weighted by molar-refractivity contribution is 6.30. The van der Waals surface area contributed by atoms with Gasteiger partial charge in [0.2, 0.25) is 0 Å². The quantitative estimate of drug-likeness (QED) is 0.494. The summed E-state index contributed by atoms with van der Waals surface area (Å²) in [4.78, 5) is 25.5. The highest BCUT2D eigenvalue weighted by Gasteiger charge is 2.20. The summed E-state index contributed by atoms with van der Waals surface area (Å²) < 4.78 is 10.5. The number of hydrogen-bond acceptors (Lipinski definition) is 4. The number of benzene rings is 2. The lowest BCUT2D eigenvalue weighted by Crippen LogP contribution is -2.34. The molecule has 1 atom stereocenters. The van der Waals surface area contributed by atoms with E-state index in [0.717, 1.165) is 24.0 Å². The zero-order valence-electron chi connectivity index (χ0n) is 16.9. The molecule has 0 saturated heterocycles. The number of carbonyl (C=O) groups excluding carboxylic acids is 2. The van der Waals surface area contributed by atoms with Gasteiger partial charge in [-0.15, -0.1) is 0 Å². The largest absolute Gasteiger partial charge is 0.445 e. The van der Waals surface area contributed by atoms with Crippen LogP contribution < -0.4 is 5.73 Å². The van der Waals surface area contributed by atoms with Gasteiger partial charge >= 0.3 is 12.2 Å². The highest BCUT2D eigenvalue weighted by Crippen LogP contribution is 2.17. The topological polar surface area (TPSA) is 81.9 Å². The molecule has 0 radical (unpaired) electrons. The number of nitrogens with zero attached hydrogens (tertiary/aromatic N) is 1. The van der Waals surface area contributed by atoms with E-state index in [0.29, 0.717) is 29.6 Å². The molecule has 0 aliphatic rings. The molecule has 0 aliphatic heterocycles. The molecule has 162 valence electrons. The van der Waals surface area contributed by atoms with Crippen LogP contribution in [0.5, 0.6) is 0 Å². The average Bonchev–Trinajstić information content (AvgIpc) is 2.72. The van der Waals surface area contributed by atoms with Crippen molar-refractivity contribution in [3.05, 3.63) is 69.7 Å². The van der Waals surface area contributed by atoms with Crippen LogP contribution in [0.1, 0.15) is 37.3 Å². The third kappa shape index (κ3) is 8.51. The number of rotatable bonds is 10. The van der Waals surface area contributed by atoms with Crippen LogP contribution in [0.2, 0.25) is 10.0 Å². The van der Waals surface area contributed by atoms with Gasteiger partial charge in [0.05, 0.1) is 0 Å². The van der Waals surface area contributed by atoms with Crippen molar-refractivity contribution in [2.75, 3.05) is 6.61 Å². The minimum absolute atomic E-state index is 0.0560. The second kappa shape index (κ2) is 12.3. The fraction of sp³-hybridized carbons (Fsp3) is 0.364. The third-order valence-corrected chi connectivity index (χ3v) is 4.89. The van der Waals surface area contributed by atoms with Crippen molar-refractivity contribution in [2.45, 2.75) is 45.4 Å². The van der Waals surface area contributed by atoms with Crippen LogP contribution in [0.25, 0.3) is 0 Å². The van der Waals surface area contributed by atoms with Crippen LogP contribution >= 0.6 is 23.2 Å². The second-order valence-corrected chi connectivity index (χ2v) is 7.76. The molecular weight excluding hydrogens is 427 g/mol. The maximum Gasteiger partial charge on any atom is 0.410 e. The van der Waals surface area contributed by atoms with E-state index in [1.807, 2.05) is 31.2 Å². The van der Waals surface area contributed by atoms with E-state index in [1.54, 1.807) is 29.2 Å². The molecule has 2 aromatic rings. The maximum absolute atomic E-state index is 12.8. The van der Waals surface area contributed by atoms with E-state index in [1.165, 1.54) is 0 Å². The smallest absolute Gasteiger partial charge is 0.410 e. The van der Waals surface area contributed by atoms with Crippen molar-refractivity contribution in [1.29, 1.82) is 0 Å². The van der Waals surface area contributed by atoms with E-state index < -0.39 is 18.3 Å². The molecule has 0 aromatic heterocycles. The van der Waals surface area contributed by atoms with E-state index in [9.17, 15) is 9.59 Å². The zero-order valence-corrected chi connectivity index (χ0v) is 18.4. The summed E-state index contributed by atoms with van der Waals surface area (Å²) in [6.45, 7) is 2.62. The molecule has 2 N–H and O–H groups in total. The molecule has 0 fully saturated rings. The Morgan fingerprint density at radius 2 is 1.47 bits per heavy atom. The summed E-state index contributed by atoms with van der Waals surface area (Å²) >= 11 is 11.9. The Kier molecular flexibility index (Phi) is 9.77. The van der Waals surface area contributed by atoms with Crippen molar-refractivity contribution >= 4 is 35.4 Å². The number of ether oxygens (including phenoxy) is 2. The Bertz CT molecular complexity index is 765. The van der Waals surface area contributed by atoms with Gasteiger partial charge in [-0.1, -0.05) is 60.8 Å². The van der Waals surface area contributed by atoms with Crippen molar-refractivity contribution < 1.29 is 19.1 Å². The van der Waals surface area contributed by atoms with Crippen LogP contribution in [0.3, 0.4) is 0 Å². The van der Waals surface area contributed by atoms with Gasteiger partial charge in [0, 0.05) is 23.1 Å².